The van der Waals surface area contributed by atoms with Crippen LogP contribution in [0.25, 0.3) is 11.0 Å². The van der Waals surface area contributed by atoms with Gasteiger partial charge in [0.1, 0.15) is 22.3 Å². The Bertz CT molecular complexity index is 1070. The molecule has 0 radical (unpaired) electrons. The summed E-state index contributed by atoms with van der Waals surface area (Å²) in [6.07, 6.45) is 0. The standard InChI is InChI=1S/C20H15BrO3S/c1-11-5-4-7-12-14-9-25-18-13-6-2-3-8-15(13)24-19(22)16(18)20(14,21)10-23-17(11)12/h2-8,14H,9-10H2,1H3/t14-,20-/m1/s1. The molecule has 3 nitrogen and oxygen atoms in total. The third-order valence-corrected chi connectivity index (χ3v) is 7.56. The number of alkyl halides is 1. The maximum atomic E-state index is 12.9. The first-order valence-corrected chi connectivity index (χ1v) is 9.98. The van der Waals surface area contributed by atoms with Gasteiger partial charge in [-0.15, -0.1) is 11.8 Å². The number of aryl methyl sites for hydroxylation is 1. The highest BCUT2D eigenvalue weighted by atomic mass is 79.9. The zero-order valence-corrected chi connectivity index (χ0v) is 15.9. The summed E-state index contributed by atoms with van der Waals surface area (Å²) in [5.74, 6) is 2.01. The predicted octanol–water partition coefficient (Wildman–Crippen LogP) is 4.97. The molecule has 0 saturated carbocycles. The van der Waals surface area contributed by atoms with Gasteiger partial charge in [-0.3, -0.25) is 0 Å². The molecule has 0 saturated heterocycles. The normalized spacial score (nSPS) is 24.2. The third kappa shape index (κ3) is 2.09. The van der Waals surface area contributed by atoms with Gasteiger partial charge in [0.25, 0.3) is 0 Å². The fraction of sp³-hybridized carbons (Fsp3) is 0.250. The molecule has 5 heteroatoms. The summed E-state index contributed by atoms with van der Waals surface area (Å²) in [4.78, 5) is 13.9. The van der Waals surface area contributed by atoms with Crippen LogP contribution < -0.4 is 10.4 Å². The van der Waals surface area contributed by atoms with Gasteiger partial charge >= 0.3 is 5.63 Å². The molecule has 3 aromatic rings. The van der Waals surface area contributed by atoms with Crippen LogP contribution in [-0.2, 0) is 4.32 Å². The minimum Gasteiger partial charge on any atom is -0.491 e. The average Bonchev–Trinajstić information content (AvgIpc) is 2.61. The number of hydrogen-bond donors (Lipinski definition) is 0. The lowest BCUT2D eigenvalue weighted by Gasteiger charge is -2.44. The topological polar surface area (TPSA) is 39.4 Å². The molecule has 2 aliphatic heterocycles. The van der Waals surface area contributed by atoms with Crippen LogP contribution in [0.3, 0.4) is 0 Å². The SMILES string of the molecule is Cc1cccc2c1OC[C@]1(Br)c3c(c4ccccc4oc3=O)SC[C@H]21. The lowest BCUT2D eigenvalue weighted by molar-refractivity contribution is 0.221. The van der Waals surface area contributed by atoms with Crippen molar-refractivity contribution < 1.29 is 9.15 Å². The first-order valence-electron chi connectivity index (χ1n) is 8.20. The highest BCUT2D eigenvalue weighted by Crippen LogP contribution is 2.57. The Hall–Kier alpha value is -1.72. The fourth-order valence-corrected chi connectivity index (χ4v) is 6.70. The molecule has 0 unspecified atom stereocenters. The van der Waals surface area contributed by atoms with Crippen LogP contribution in [0, 0.1) is 6.92 Å². The molecule has 1 aromatic heterocycles. The Morgan fingerprint density at radius 2 is 2.04 bits per heavy atom. The maximum Gasteiger partial charge on any atom is 0.342 e. The second-order valence-electron chi connectivity index (χ2n) is 6.60. The van der Waals surface area contributed by atoms with Crippen LogP contribution in [0.4, 0.5) is 0 Å². The number of rotatable bonds is 0. The van der Waals surface area contributed by atoms with E-state index in [0.717, 1.165) is 32.9 Å². The Labute approximate surface area is 157 Å². The van der Waals surface area contributed by atoms with E-state index < -0.39 is 4.32 Å². The van der Waals surface area contributed by atoms with Gasteiger partial charge in [-0.2, -0.15) is 0 Å². The first-order chi connectivity index (χ1) is 12.1. The van der Waals surface area contributed by atoms with Crippen molar-refractivity contribution in [2.45, 2.75) is 22.1 Å². The van der Waals surface area contributed by atoms with Crippen molar-refractivity contribution in [3.05, 3.63) is 69.6 Å². The molecular weight excluding hydrogens is 400 g/mol. The summed E-state index contributed by atoms with van der Waals surface area (Å²) in [5.41, 5.74) is 3.35. The molecular formula is C20H15BrO3S. The Morgan fingerprint density at radius 3 is 2.92 bits per heavy atom. The van der Waals surface area contributed by atoms with E-state index in [1.54, 1.807) is 11.8 Å². The highest BCUT2D eigenvalue weighted by molar-refractivity contribution is 9.09. The number of ether oxygens (including phenoxy) is 1. The zero-order chi connectivity index (χ0) is 17.2. The molecule has 0 bridgehead atoms. The van der Waals surface area contributed by atoms with Gasteiger partial charge in [-0.05, 0) is 18.6 Å². The van der Waals surface area contributed by atoms with Crippen molar-refractivity contribution in [1.29, 1.82) is 0 Å². The van der Waals surface area contributed by atoms with Gasteiger partial charge in [-0.1, -0.05) is 52.3 Å². The van der Waals surface area contributed by atoms with Crippen molar-refractivity contribution in [1.82, 2.24) is 0 Å². The quantitative estimate of drug-likeness (QED) is 0.384. The maximum absolute atomic E-state index is 12.9. The van der Waals surface area contributed by atoms with E-state index in [0.29, 0.717) is 17.8 Å². The van der Waals surface area contributed by atoms with E-state index in [9.17, 15) is 4.79 Å². The summed E-state index contributed by atoms with van der Waals surface area (Å²) in [6.45, 7) is 2.48. The van der Waals surface area contributed by atoms with Crippen molar-refractivity contribution in [2.24, 2.45) is 0 Å². The lowest BCUT2D eigenvalue weighted by Crippen LogP contribution is -2.44. The number of para-hydroxylation sites is 2. The Kier molecular flexibility index (Phi) is 3.35. The van der Waals surface area contributed by atoms with E-state index in [4.69, 9.17) is 9.15 Å². The molecule has 5 rings (SSSR count). The second-order valence-corrected chi connectivity index (χ2v) is 9.04. The molecule has 0 aliphatic carbocycles. The number of halogens is 1. The van der Waals surface area contributed by atoms with E-state index >= 15 is 0 Å². The van der Waals surface area contributed by atoms with Gasteiger partial charge < -0.3 is 9.15 Å². The van der Waals surface area contributed by atoms with Gasteiger partial charge in [0.05, 0.1) is 5.56 Å². The molecule has 0 fully saturated rings. The predicted molar refractivity (Wildman–Crippen MR) is 103 cm³/mol. The number of fused-ring (bicyclic) bond motifs is 7. The molecule has 25 heavy (non-hydrogen) atoms. The van der Waals surface area contributed by atoms with Crippen LogP contribution >= 0.6 is 27.7 Å². The summed E-state index contributed by atoms with van der Waals surface area (Å²) >= 11 is 5.64. The van der Waals surface area contributed by atoms with Crippen molar-refractivity contribution in [3.63, 3.8) is 0 Å². The van der Waals surface area contributed by atoms with Crippen LogP contribution in [-0.4, -0.2) is 12.4 Å². The highest BCUT2D eigenvalue weighted by Gasteiger charge is 2.50. The molecule has 126 valence electrons. The number of benzene rings is 2. The molecule has 3 heterocycles. The van der Waals surface area contributed by atoms with E-state index in [1.165, 1.54) is 0 Å². The summed E-state index contributed by atoms with van der Waals surface area (Å²) in [7, 11) is 0. The monoisotopic (exact) mass is 414 g/mol. The Balaban J connectivity index is 1.79. The van der Waals surface area contributed by atoms with Crippen molar-refractivity contribution in [3.8, 4) is 5.75 Å². The van der Waals surface area contributed by atoms with Gasteiger partial charge in [0.2, 0.25) is 0 Å². The van der Waals surface area contributed by atoms with E-state index in [1.807, 2.05) is 24.3 Å². The van der Waals surface area contributed by atoms with Crippen molar-refractivity contribution >= 4 is 38.7 Å². The molecule has 2 aromatic carbocycles. The first kappa shape index (κ1) is 15.5. The summed E-state index contributed by atoms with van der Waals surface area (Å²) in [6, 6.07) is 14.0. The molecule has 2 aliphatic rings. The lowest BCUT2D eigenvalue weighted by atomic mass is 9.80. The average molecular weight is 415 g/mol. The van der Waals surface area contributed by atoms with Crippen LogP contribution in [0.2, 0.25) is 0 Å². The summed E-state index contributed by atoms with van der Waals surface area (Å²) in [5, 5.41) is 0.995. The Morgan fingerprint density at radius 1 is 1.20 bits per heavy atom. The zero-order valence-electron chi connectivity index (χ0n) is 13.5. The van der Waals surface area contributed by atoms with E-state index in [-0.39, 0.29) is 11.5 Å². The van der Waals surface area contributed by atoms with Crippen LogP contribution in [0.5, 0.6) is 5.75 Å². The van der Waals surface area contributed by atoms with Gasteiger partial charge in [-0.25, -0.2) is 4.79 Å². The minimum atomic E-state index is -0.557. The molecule has 0 spiro atoms. The minimum absolute atomic E-state index is 0.165. The third-order valence-electron chi connectivity index (χ3n) is 5.17. The van der Waals surface area contributed by atoms with Gasteiger partial charge in [0, 0.05) is 27.5 Å². The van der Waals surface area contributed by atoms with E-state index in [2.05, 4.69) is 41.1 Å². The number of thioether (sulfide) groups is 1. The largest absolute Gasteiger partial charge is 0.491 e. The number of hydrogen-bond acceptors (Lipinski definition) is 4. The van der Waals surface area contributed by atoms with Gasteiger partial charge in [0.15, 0.2) is 0 Å². The molecule has 0 N–H and O–H groups in total. The molecule has 2 atom stereocenters. The summed E-state index contributed by atoms with van der Waals surface area (Å²) < 4.78 is 11.2. The molecule has 0 amide bonds. The fourth-order valence-electron chi connectivity index (χ4n) is 3.94. The smallest absolute Gasteiger partial charge is 0.342 e. The second kappa shape index (κ2) is 5.39. The van der Waals surface area contributed by atoms with Crippen LogP contribution in [0.15, 0.2) is 56.6 Å². The van der Waals surface area contributed by atoms with Crippen LogP contribution in [0.1, 0.15) is 22.6 Å². The van der Waals surface area contributed by atoms with Crippen molar-refractivity contribution in [2.75, 3.05) is 12.4 Å².